The molecule has 1 saturated heterocycles. The third kappa shape index (κ3) is 4.43. The lowest BCUT2D eigenvalue weighted by Gasteiger charge is -2.34. The fraction of sp³-hybridized carbons (Fsp3) is 0.444. The van der Waals surface area contributed by atoms with E-state index >= 15 is 0 Å². The van der Waals surface area contributed by atoms with Gasteiger partial charge in [-0.2, -0.15) is 0 Å². The van der Waals surface area contributed by atoms with E-state index in [4.69, 9.17) is 9.47 Å². The fourth-order valence-corrected chi connectivity index (χ4v) is 2.91. The molecule has 128 valence electrons. The van der Waals surface area contributed by atoms with Crippen LogP contribution in [0.25, 0.3) is 0 Å². The third-order valence-electron chi connectivity index (χ3n) is 4.26. The summed E-state index contributed by atoms with van der Waals surface area (Å²) in [5.74, 6) is 1.35. The van der Waals surface area contributed by atoms with Crippen molar-refractivity contribution in [3.63, 3.8) is 0 Å². The quantitative estimate of drug-likeness (QED) is 0.806. The average Bonchev–Trinajstić information content (AvgIpc) is 2.64. The van der Waals surface area contributed by atoms with E-state index in [1.165, 1.54) is 5.56 Å². The Hall–Kier alpha value is -2.18. The number of piperazine rings is 1. The van der Waals surface area contributed by atoms with Gasteiger partial charge in [0.15, 0.2) is 0 Å². The Kier molecular flexibility index (Phi) is 5.61. The van der Waals surface area contributed by atoms with Gasteiger partial charge in [0, 0.05) is 57.6 Å². The molecule has 0 aromatic carbocycles. The van der Waals surface area contributed by atoms with Crippen LogP contribution in [0.5, 0.6) is 11.8 Å². The van der Waals surface area contributed by atoms with Crippen molar-refractivity contribution in [2.24, 2.45) is 0 Å². The molecule has 2 aromatic heterocycles. The van der Waals surface area contributed by atoms with Crippen LogP contribution in [-0.2, 0) is 13.1 Å². The second-order valence-corrected chi connectivity index (χ2v) is 5.93. The van der Waals surface area contributed by atoms with E-state index in [0.717, 1.165) is 45.0 Å². The summed E-state index contributed by atoms with van der Waals surface area (Å²) in [5.41, 5.74) is 2.30. The van der Waals surface area contributed by atoms with Gasteiger partial charge in [0.2, 0.25) is 11.8 Å². The van der Waals surface area contributed by atoms with E-state index in [1.54, 1.807) is 20.4 Å². The van der Waals surface area contributed by atoms with Gasteiger partial charge in [0.1, 0.15) is 0 Å². The zero-order chi connectivity index (χ0) is 16.8. The smallest absolute Gasteiger partial charge is 0.213 e. The first-order chi connectivity index (χ1) is 11.8. The second-order valence-electron chi connectivity index (χ2n) is 5.93. The second kappa shape index (κ2) is 8.08. The van der Waals surface area contributed by atoms with Gasteiger partial charge >= 0.3 is 0 Å². The van der Waals surface area contributed by atoms with Crippen molar-refractivity contribution >= 4 is 0 Å². The summed E-state index contributed by atoms with van der Waals surface area (Å²) in [7, 11) is 3.30. The molecule has 6 heteroatoms. The Balaban J connectivity index is 1.50. The van der Waals surface area contributed by atoms with Crippen LogP contribution in [-0.4, -0.2) is 60.2 Å². The topological polar surface area (TPSA) is 50.7 Å². The monoisotopic (exact) mass is 328 g/mol. The number of rotatable bonds is 6. The molecule has 0 spiro atoms. The average molecular weight is 328 g/mol. The summed E-state index contributed by atoms with van der Waals surface area (Å²) in [6, 6.07) is 9.98. The van der Waals surface area contributed by atoms with Gasteiger partial charge in [-0.05, 0) is 17.7 Å². The number of ether oxygens (including phenoxy) is 2. The SMILES string of the molecule is COc1cc(CN2CCN(Cc3cccc(OC)n3)CC2)ccn1. The van der Waals surface area contributed by atoms with E-state index in [9.17, 15) is 0 Å². The Morgan fingerprint density at radius 3 is 2.33 bits per heavy atom. The summed E-state index contributed by atoms with van der Waals surface area (Å²) in [4.78, 5) is 13.5. The van der Waals surface area contributed by atoms with Crippen LogP contribution in [0.3, 0.4) is 0 Å². The van der Waals surface area contributed by atoms with Crippen molar-refractivity contribution in [3.8, 4) is 11.8 Å². The minimum Gasteiger partial charge on any atom is -0.481 e. The molecular weight excluding hydrogens is 304 g/mol. The molecule has 1 aliphatic rings. The highest BCUT2D eigenvalue weighted by molar-refractivity contribution is 5.20. The van der Waals surface area contributed by atoms with E-state index in [2.05, 4.69) is 31.9 Å². The van der Waals surface area contributed by atoms with Gasteiger partial charge in [-0.1, -0.05) is 6.07 Å². The molecule has 6 nitrogen and oxygen atoms in total. The van der Waals surface area contributed by atoms with Crippen LogP contribution >= 0.6 is 0 Å². The number of aromatic nitrogens is 2. The normalized spacial score (nSPS) is 16.1. The molecule has 0 N–H and O–H groups in total. The Bertz CT molecular complexity index is 599. The van der Waals surface area contributed by atoms with Crippen molar-refractivity contribution in [2.75, 3.05) is 40.4 Å². The summed E-state index contributed by atoms with van der Waals surface area (Å²) < 4.78 is 10.4. The molecule has 2 aromatic rings. The number of pyridine rings is 2. The van der Waals surface area contributed by atoms with Crippen molar-refractivity contribution in [3.05, 3.63) is 47.8 Å². The molecule has 3 rings (SSSR count). The standard InChI is InChI=1S/C18H24N4O2/c1-23-17-5-3-4-16(20-17)14-22-10-8-21(9-11-22)13-15-6-7-19-18(12-15)24-2/h3-7,12H,8-11,13-14H2,1-2H3. The lowest BCUT2D eigenvalue weighted by molar-refractivity contribution is 0.120. The van der Waals surface area contributed by atoms with Crippen LogP contribution in [0.4, 0.5) is 0 Å². The maximum absolute atomic E-state index is 5.19. The van der Waals surface area contributed by atoms with Crippen molar-refractivity contribution in [2.45, 2.75) is 13.1 Å². The molecule has 1 aliphatic heterocycles. The zero-order valence-electron chi connectivity index (χ0n) is 14.3. The molecule has 0 bridgehead atoms. The number of nitrogens with zero attached hydrogens (tertiary/aromatic N) is 4. The van der Waals surface area contributed by atoms with Gasteiger partial charge in [-0.15, -0.1) is 0 Å². The number of methoxy groups -OCH3 is 2. The number of hydrogen-bond acceptors (Lipinski definition) is 6. The molecule has 0 radical (unpaired) electrons. The van der Waals surface area contributed by atoms with E-state index in [1.807, 2.05) is 18.2 Å². The summed E-state index contributed by atoms with van der Waals surface area (Å²) in [5, 5.41) is 0. The highest BCUT2D eigenvalue weighted by Crippen LogP contribution is 2.14. The Morgan fingerprint density at radius 1 is 0.917 bits per heavy atom. The van der Waals surface area contributed by atoms with Crippen LogP contribution < -0.4 is 9.47 Å². The molecule has 3 heterocycles. The molecule has 0 amide bonds. The summed E-state index contributed by atoms with van der Waals surface area (Å²) in [6.45, 7) is 5.99. The molecular formula is C18H24N4O2. The van der Waals surface area contributed by atoms with E-state index in [-0.39, 0.29) is 0 Å². The number of hydrogen-bond donors (Lipinski definition) is 0. The third-order valence-corrected chi connectivity index (χ3v) is 4.26. The van der Waals surface area contributed by atoms with Crippen LogP contribution in [0.15, 0.2) is 36.5 Å². The minimum absolute atomic E-state index is 0.676. The molecule has 1 fully saturated rings. The Morgan fingerprint density at radius 2 is 1.62 bits per heavy atom. The molecule has 0 atom stereocenters. The van der Waals surface area contributed by atoms with Gasteiger partial charge in [-0.25, -0.2) is 9.97 Å². The predicted octanol–water partition coefficient (Wildman–Crippen LogP) is 1.81. The maximum atomic E-state index is 5.19. The van der Waals surface area contributed by atoms with E-state index < -0.39 is 0 Å². The van der Waals surface area contributed by atoms with Crippen molar-refractivity contribution in [1.29, 1.82) is 0 Å². The first-order valence-electron chi connectivity index (χ1n) is 8.20. The van der Waals surface area contributed by atoms with Crippen molar-refractivity contribution in [1.82, 2.24) is 19.8 Å². The summed E-state index contributed by atoms with van der Waals surface area (Å²) in [6.07, 6.45) is 1.80. The predicted molar refractivity (Wildman–Crippen MR) is 92.1 cm³/mol. The van der Waals surface area contributed by atoms with Crippen LogP contribution in [0, 0.1) is 0 Å². The van der Waals surface area contributed by atoms with Crippen molar-refractivity contribution < 1.29 is 9.47 Å². The van der Waals surface area contributed by atoms with E-state index in [0.29, 0.717) is 11.8 Å². The molecule has 0 aliphatic carbocycles. The largest absolute Gasteiger partial charge is 0.481 e. The first-order valence-corrected chi connectivity index (χ1v) is 8.20. The fourth-order valence-electron chi connectivity index (χ4n) is 2.91. The molecule has 24 heavy (non-hydrogen) atoms. The van der Waals surface area contributed by atoms with Gasteiger partial charge in [0.25, 0.3) is 0 Å². The molecule has 0 unspecified atom stereocenters. The minimum atomic E-state index is 0.676. The summed E-state index contributed by atoms with van der Waals surface area (Å²) >= 11 is 0. The first kappa shape index (κ1) is 16.7. The highest BCUT2D eigenvalue weighted by Gasteiger charge is 2.17. The highest BCUT2D eigenvalue weighted by atomic mass is 16.5. The maximum Gasteiger partial charge on any atom is 0.213 e. The van der Waals surface area contributed by atoms with Gasteiger partial charge in [0.05, 0.1) is 19.9 Å². The lowest BCUT2D eigenvalue weighted by Crippen LogP contribution is -2.45. The van der Waals surface area contributed by atoms with Gasteiger partial charge < -0.3 is 9.47 Å². The van der Waals surface area contributed by atoms with Gasteiger partial charge in [-0.3, -0.25) is 9.80 Å². The Labute approximate surface area is 143 Å². The van der Waals surface area contributed by atoms with Crippen LogP contribution in [0.1, 0.15) is 11.3 Å². The molecule has 0 saturated carbocycles. The zero-order valence-corrected chi connectivity index (χ0v) is 14.3. The van der Waals surface area contributed by atoms with Crippen LogP contribution in [0.2, 0.25) is 0 Å². The lowest BCUT2D eigenvalue weighted by atomic mass is 10.2.